The van der Waals surface area contributed by atoms with E-state index in [1.54, 1.807) is 12.1 Å². The number of hydrogen-bond acceptors (Lipinski definition) is 4. The van der Waals surface area contributed by atoms with E-state index < -0.39 is 12.2 Å². The summed E-state index contributed by atoms with van der Waals surface area (Å²) < 4.78 is 10.5. The molecule has 0 saturated heterocycles. The molecular formula is C13H19NO3. The van der Waals surface area contributed by atoms with Gasteiger partial charge in [-0.15, -0.1) is 0 Å². The second-order valence-electron chi connectivity index (χ2n) is 3.94. The molecule has 0 aliphatic heterocycles. The highest BCUT2D eigenvalue weighted by atomic mass is 16.6. The Morgan fingerprint density at radius 2 is 1.94 bits per heavy atom. The summed E-state index contributed by atoms with van der Waals surface area (Å²) in [6.07, 6.45) is 0.419. The monoisotopic (exact) mass is 237 g/mol. The Bertz CT molecular complexity index is 361. The van der Waals surface area contributed by atoms with Gasteiger partial charge in [0.1, 0.15) is 5.75 Å². The van der Waals surface area contributed by atoms with E-state index in [9.17, 15) is 4.79 Å². The van der Waals surface area contributed by atoms with E-state index >= 15 is 0 Å². The second kappa shape index (κ2) is 6.25. The van der Waals surface area contributed by atoms with Gasteiger partial charge >= 0.3 is 5.97 Å². The normalized spacial score (nSPS) is 13.9. The van der Waals surface area contributed by atoms with Crippen molar-refractivity contribution in [2.24, 2.45) is 5.73 Å². The van der Waals surface area contributed by atoms with E-state index in [4.69, 9.17) is 15.2 Å². The van der Waals surface area contributed by atoms with Crippen LogP contribution in [0.3, 0.4) is 0 Å². The minimum absolute atomic E-state index is 0.183. The van der Waals surface area contributed by atoms with Gasteiger partial charge in [0.05, 0.1) is 6.10 Å². The van der Waals surface area contributed by atoms with Crippen molar-refractivity contribution >= 4 is 5.97 Å². The molecule has 0 amide bonds. The number of carbonyl (C=O) groups is 1. The molecule has 1 rings (SSSR count). The molecular weight excluding hydrogens is 218 g/mol. The maximum Gasteiger partial charge on any atom is 0.304 e. The molecule has 4 heteroatoms. The second-order valence-corrected chi connectivity index (χ2v) is 3.94. The lowest BCUT2D eigenvalue weighted by Gasteiger charge is -2.15. The molecule has 0 bridgehead atoms. The molecule has 0 radical (unpaired) electrons. The van der Waals surface area contributed by atoms with Crippen molar-refractivity contribution in [3.05, 3.63) is 29.8 Å². The van der Waals surface area contributed by atoms with Gasteiger partial charge in [-0.1, -0.05) is 19.1 Å². The Labute approximate surface area is 102 Å². The van der Waals surface area contributed by atoms with Crippen LogP contribution in [0.1, 0.15) is 39.0 Å². The van der Waals surface area contributed by atoms with Crippen molar-refractivity contribution in [2.45, 2.75) is 39.5 Å². The number of rotatable bonds is 5. The minimum Gasteiger partial charge on any atom is -0.491 e. The zero-order chi connectivity index (χ0) is 12.8. The Morgan fingerprint density at radius 3 is 2.41 bits per heavy atom. The van der Waals surface area contributed by atoms with E-state index in [0.29, 0.717) is 0 Å². The number of carbonyl (C=O) groups excluding carboxylic acids is 1. The number of esters is 1. The van der Waals surface area contributed by atoms with E-state index in [1.807, 2.05) is 19.1 Å². The van der Waals surface area contributed by atoms with Crippen molar-refractivity contribution < 1.29 is 14.3 Å². The molecule has 0 fully saturated rings. The lowest BCUT2D eigenvalue weighted by Crippen LogP contribution is -2.17. The van der Waals surface area contributed by atoms with Crippen molar-refractivity contribution in [1.29, 1.82) is 0 Å². The fourth-order valence-corrected chi connectivity index (χ4v) is 1.30. The van der Waals surface area contributed by atoms with E-state index in [-0.39, 0.29) is 6.10 Å². The summed E-state index contributed by atoms with van der Waals surface area (Å²) >= 11 is 0. The first-order valence-electron chi connectivity index (χ1n) is 5.72. The van der Waals surface area contributed by atoms with Gasteiger partial charge in [-0.3, -0.25) is 10.5 Å². The van der Waals surface area contributed by atoms with Crippen LogP contribution in [-0.2, 0) is 9.53 Å². The average Bonchev–Trinajstić information content (AvgIpc) is 2.28. The zero-order valence-corrected chi connectivity index (χ0v) is 10.5. The highest BCUT2D eigenvalue weighted by Crippen LogP contribution is 2.18. The largest absolute Gasteiger partial charge is 0.491 e. The third-order valence-corrected chi connectivity index (χ3v) is 2.41. The Kier molecular flexibility index (Phi) is 4.97. The molecule has 1 aromatic rings. The van der Waals surface area contributed by atoms with Crippen molar-refractivity contribution in [3.63, 3.8) is 0 Å². The van der Waals surface area contributed by atoms with Crippen LogP contribution < -0.4 is 10.5 Å². The topological polar surface area (TPSA) is 61.6 Å². The fourth-order valence-electron chi connectivity index (χ4n) is 1.30. The van der Waals surface area contributed by atoms with Crippen LogP contribution in [0, 0.1) is 0 Å². The first-order chi connectivity index (χ1) is 8.02. The van der Waals surface area contributed by atoms with Crippen LogP contribution in [0.15, 0.2) is 24.3 Å². The van der Waals surface area contributed by atoms with Crippen molar-refractivity contribution in [2.75, 3.05) is 0 Å². The maximum atomic E-state index is 10.8. The summed E-state index contributed by atoms with van der Waals surface area (Å²) in [5.74, 6) is 0.399. The quantitative estimate of drug-likeness (QED) is 0.631. The molecule has 1 aromatic carbocycles. The molecule has 2 atom stereocenters. The van der Waals surface area contributed by atoms with E-state index in [1.165, 1.54) is 6.92 Å². The average molecular weight is 237 g/mol. The summed E-state index contributed by atoms with van der Waals surface area (Å²) in [5.41, 5.74) is 6.44. The van der Waals surface area contributed by atoms with Gasteiger partial charge < -0.3 is 9.47 Å². The first-order valence-corrected chi connectivity index (χ1v) is 5.72. The number of nitrogens with two attached hydrogens (primary N) is 1. The molecule has 0 spiro atoms. The molecule has 94 valence electrons. The van der Waals surface area contributed by atoms with Gasteiger partial charge in [-0.05, 0) is 25.5 Å². The van der Waals surface area contributed by atoms with Gasteiger partial charge in [0.2, 0.25) is 0 Å². The summed E-state index contributed by atoms with van der Waals surface area (Å²) in [6.45, 7) is 5.41. The van der Waals surface area contributed by atoms with Gasteiger partial charge in [0, 0.05) is 12.5 Å². The zero-order valence-electron chi connectivity index (χ0n) is 10.5. The molecule has 2 N–H and O–H groups in total. The minimum atomic E-state index is -0.717. The third-order valence-electron chi connectivity index (χ3n) is 2.41. The summed E-state index contributed by atoms with van der Waals surface area (Å²) in [4.78, 5) is 10.8. The molecule has 4 nitrogen and oxygen atoms in total. The molecule has 0 saturated carbocycles. The maximum absolute atomic E-state index is 10.8. The lowest BCUT2D eigenvalue weighted by atomic mass is 10.2. The lowest BCUT2D eigenvalue weighted by molar-refractivity contribution is -0.146. The molecule has 17 heavy (non-hydrogen) atoms. The summed E-state index contributed by atoms with van der Waals surface area (Å²) in [7, 11) is 0. The first kappa shape index (κ1) is 13.5. The molecule has 0 aliphatic rings. The third kappa shape index (κ3) is 4.44. The van der Waals surface area contributed by atoms with Gasteiger partial charge in [-0.25, -0.2) is 0 Å². The number of benzene rings is 1. The molecule has 0 aromatic heterocycles. The molecule has 2 unspecified atom stereocenters. The Balaban J connectivity index is 2.64. The van der Waals surface area contributed by atoms with Crippen LogP contribution in [0.5, 0.6) is 5.75 Å². The number of ether oxygens (including phenoxy) is 2. The van der Waals surface area contributed by atoms with Crippen LogP contribution in [0.25, 0.3) is 0 Å². The van der Waals surface area contributed by atoms with E-state index in [0.717, 1.165) is 17.7 Å². The molecule has 0 aliphatic carbocycles. The molecule has 0 heterocycles. The SMILES string of the molecule is CCC(C)Oc1ccc(C(N)OC(C)=O)cc1. The standard InChI is InChI=1S/C13H19NO3/c1-4-9(2)16-12-7-5-11(6-8-12)13(14)17-10(3)15/h5-9,13H,4,14H2,1-3H3. The Hall–Kier alpha value is -1.55. The highest BCUT2D eigenvalue weighted by molar-refractivity contribution is 5.66. The van der Waals surface area contributed by atoms with Gasteiger partial charge in [0.25, 0.3) is 0 Å². The summed E-state index contributed by atoms with van der Waals surface area (Å²) in [6, 6.07) is 7.24. The van der Waals surface area contributed by atoms with Crippen LogP contribution >= 0.6 is 0 Å². The number of hydrogen-bond donors (Lipinski definition) is 1. The van der Waals surface area contributed by atoms with E-state index in [2.05, 4.69) is 6.92 Å². The van der Waals surface area contributed by atoms with Crippen molar-refractivity contribution in [3.8, 4) is 5.75 Å². The predicted molar refractivity (Wildman–Crippen MR) is 65.5 cm³/mol. The predicted octanol–water partition coefficient (Wildman–Crippen LogP) is 2.38. The fraction of sp³-hybridized carbons (Fsp3) is 0.462. The van der Waals surface area contributed by atoms with Crippen LogP contribution in [-0.4, -0.2) is 12.1 Å². The highest BCUT2D eigenvalue weighted by Gasteiger charge is 2.09. The Morgan fingerprint density at radius 1 is 1.35 bits per heavy atom. The summed E-state index contributed by atoms with van der Waals surface area (Å²) in [5, 5.41) is 0. The van der Waals surface area contributed by atoms with Gasteiger partial charge in [0.15, 0.2) is 6.23 Å². The van der Waals surface area contributed by atoms with Crippen LogP contribution in [0.2, 0.25) is 0 Å². The van der Waals surface area contributed by atoms with Gasteiger partial charge in [-0.2, -0.15) is 0 Å². The van der Waals surface area contributed by atoms with Crippen LogP contribution in [0.4, 0.5) is 0 Å². The smallest absolute Gasteiger partial charge is 0.304 e. The van der Waals surface area contributed by atoms with Crippen molar-refractivity contribution in [1.82, 2.24) is 0 Å².